The van der Waals surface area contributed by atoms with Crippen LogP contribution in [-0.2, 0) is 15.1 Å². The van der Waals surface area contributed by atoms with E-state index in [2.05, 4.69) is 9.72 Å². The number of amides is 1. The third-order valence-corrected chi connectivity index (χ3v) is 5.45. The molecule has 0 unspecified atom stereocenters. The topological polar surface area (TPSA) is 90.4 Å². The van der Waals surface area contributed by atoms with Crippen LogP contribution >= 0.6 is 0 Å². The molecule has 1 aromatic carbocycles. The number of aliphatic hydroxyl groups is 1. The first-order valence-corrected chi connectivity index (χ1v) is 10.2. The number of nitrogens with zero attached hydrogens (tertiary/aromatic N) is 2. The van der Waals surface area contributed by atoms with E-state index in [4.69, 9.17) is 14.2 Å². The average molecular weight is 470 g/mol. The van der Waals surface area contributed by atoms with Gasteiger partial charge in [-0.1, -0.05) is 6.07 Å². The lowest BCUT2D eigenvalue weighted by Crippen LogP contribution is -2.56. The number of likely N-dealkylation sites (tertiary alicyclic amines) is 1. The minimum absolute atomic E-state index is 0.0264. The number of hydrogen-bond acceptors (Lipinski definition) is 7. The Morgan fingerprint density at radius 3 is 2.61 bits per heavy atom. The molecule has 1 aliphatic rings. The Morgan fingerprint density at radius 2 is 2.00 bits per heavy atom. The maximum atomic E-state index is 13.0. The lowest BCUT2D eigenvalue weighted by atomic mass is 9.84. The van der Waals surface area contributed by atoms with Crippen molar-refractivity contribution in [3.05, 3.63) is 53.9 Å². The van der Waals surface area contributed by atoms with Crippen LogP contribution in [0.5, 0.6) is 11.5 Å². The van der Waals surface area contributed by atoms with Gasteiger partial charge in [0.1, 0.15) is 18.3 Å². The Morgan fingerprint density at radius 1 is 1.21 bits per heavy atom. The lowest BCUT2D eigenvalue weighted by Gasteiger charge is -2.44. The van der Waals surface area contributed by atoms with Gasteiger partial charge in [0.2, 0.25) is 0 Å². The SMILES string of the molecule is COc1cc(C(=O)N2CC[C@@](OC)(c3ccccn3)[C@H](O)C2)ccc1OCCOC(F)(F)F. The highest BCUT2D eigenvalue weighted by molar-refractivity contribution is 5.95. The number of benzene rings is 1. The summed E-state index contributed by atoms with van der Waals surface area (Å²) in [5.74, 6) is 0.0159. The monoisotopic (exact) mass is 470 g/mol. The molecule has 1 amide bonds. The zero-order valence-corrected chi connectivity index (χ0v) is 18.2. The van der Waals surface area contributed by atoms with Crippen molar-refractivity contribution in [1.29, 1.82) is 0 Å². The van der Waals surface area contributed by atoms with E-state index in [0.29, 0.717) is 18.7 Å². The van der Waals surface area contributed by atoms with Gasteiger partial charge in [-0.2, -0.15) is 0 Å². The third-order valence-electron chi connectivity index (χ3n) is 5.45. The van der Waals surface area contributed by atoms with Crippen LogP contribution in [0, 0.1) is 0 Å². The zero-order valence-electron chi connectivity index (χ0n) is 18.2. The van der Waals surface area contributed by atoms with Crippen LogP contribution in [0.25, 0.3) is 0 Å². The molecular weight excluding hydrogens is 445 g/mol. The van der Waals surface area contributed by atoms with Crippen molar-refractivity contribution in [2.24, 2.45) is 0 Å². The number of aliphatic hydroxyl groups excluding tert-OH is 1. The molecule has 1 saturated heterocycles. The first kappa shape index (κ1) is 24.7. The van der Waals surface area contributed by atoms with Gasteiger partial charge in [0.25, 0.3) is 5.91 Å². The molecule has 0 aliphatic carbocycles. The number of β-amino-alcohol motifs (C(OH)–C–C–N with tert-alkyl or cyclic N) is 1. The van der Waals surface area contributed by atoms with Crippen LogP contribution in [0.2, 0.25) is 0 Å². The average Bonchev–Trinajstić information content (AvgIpc) is 2.81. The van der Waals surface area contributed by atoms with Crippen molar-refractivity contribution in [2.75, 3.05) is 40.5 Å². The van der Waals surface area contributed by atoms with Gasteiger partial charge in [-0.3, -0.25) is 14.5 Å². The Balaban J connectivity index is 1.67. The van der Waals surface area contributed by atoms with Crippen molar-refractivity contribution in [1.82, 2.24) is 9.88 Å². The highest BCUT2D eigenvalue weighted by Crippen LogP contribution is 2.36. The molecule has 2 heterocycles. The first-order valence-electron chi connectivity index (χ1n) is 10.2. The summed E-state index contributed by atoms with van der Waals surface area (Å²) in [6.45, 7) is -0.696. The summed E-state index contributed by atoms with van der Waals surface area (Å²) in [5, 5.41) is 10.9. The molecule has 0 saturated carbocycles. The predicted molar refractivity (Wildman–Crippen MR) is 110 cm³/mol. The number of hydrogen-bond donors (Lipinski definition) is 1. The molecule has 0 radical (unpaired) electrons. The fraction of sp³-hybridized carbons (Fsp3) is 0.455. The number of ether oxygens (including phenoxy) is 4. The summed E-state index contributed by atoms with van der Waals surface area (Å²) in [4.78, 5) is 18.9. The van der Waals surface area contributed by atoms with E-state index in [0.717, 1.165) is 0 Å². The number of alkyl halides is 3. The Bertz CT molecular complexity index is 943. The standard InChI is InChI=1S/C22H25F3N2O6/c1-30-17-13-15(6-7-16(17)32-11-12-33-22(23,24)25)20(29)27-10-8-21(31-2,19(28)14-27)18-5-3-4-9-26-18/h3-7,9,13,19,28H,8,10-12,14H2,1-2H3/t19-,21-/m1/s1. The van der Waals surface area contributed by atoms with Crippen molar-refractivity contribution < 1.29 is 42.0 Å². The minimum atomic E-state index is -4.74. The molecule has 33 heavy (non-hydrogen) atoms. The largest absolute Gasteiger partial charge is 0.522 e. The summed E-state index contributed by atoms with van der Waals surface area (Å²) in [5.41, 5.74) is -0.156. The van der Waals surface area contributed by atoms with Crippen molar-refractivity contribution >= 4 is 5.91 Å². The Labute approximate surface area is 188 Å². The van der Waals surface area contributed by atoms with Crippen molar-refractivity contribution in [3.63, 3.8) is 0 Å². The molecule has 2 aromatic rings. The van der Waals surface area contributed by atoms with Gasteiger partial charge in [-0.25, -0.2) is 0 Å². The number of halogens is 3. The maximum Gasteiger partial charge on any atom is 0.522 e. The molecular formula is C22H25F3N2O6. The van der Waals surface area contributed by atoms with E-state index < -0.39 is 24.7 Å². The number of aromatic nitrogens is 1. The normalized spacial score (nSPS) is 21.0. The van der Waals surface area contributed by atoms with Gasteiger partial charge in [0, 0.05) is 31.8 Å². The summed E-state index contributed by atoms with van der Waals surface area (Å²) in [6.07, 6.45) is -3.79. The van der Waals surface area contributed by atoms with Gasteiger partial charge in [-0.05, 0) is 30.3 Å². The van der Waals surface area contributed by atoms with Gasteiger partial charge in [0.05, 0.1) is 26.0 Å². The Hall–Kier alpha value is -2.89. The smallest absolute Gasteiger partial charge is 0.493 e. The van der Waals surface area contributed by atoms with Crippen LogP contribution < -0.4 is 9.47 Å². The second kappa shape index (κ2) is 10.4. The highest BCUT2D eigenvalue weighted by atomic mass is 19.4. The van der Waals surface area contributed by atoms with E-state index in [1.54, 1.807) is 24.4 Å². The molecule has 3 rings (SSSR count). The second-order valence-electron chi connectivity index (χ2n) is 7.33. The van der Waals surface area contributed by atoms with Gasteiger partial charge >= 0.3 is 6.36 Å². The van der Waals surface area contributed by atoms with Crippen molar-refractivity contribution in [2.45, 2.75) is 24.5 Å². The molecule has 1 aromatic heterocycles. The van der Waals surface area contributed by atoms with Crippen molar-refractivity contribution in [3.8, 4) is 11.5 Å². The lowest BCUT2D eigenvalue weighted by molar-refractivity contribution is -0.325. The Kier molecular flexibility index (Phi) is 7.77. The van der Waals surface area contributed by atoms with E-state index in [1.165, 1.54) is 37.3 Å². The summed E-state index contributed by atoms with van der Waals surface area (Å²) >= 11 is 0. The summed E-state index contributed by atoms with van der Waals surface area (Å²) in [7, 11) is 2.85. The zero-order chi connectivity index (χ0) is 24.1. The van der Waals surface area contributed by atoms with E-state index in [-0.39, 0.29) is 36.1 Å². The molecule has 0 spiro atoms. The molecule has 2 atom stereocenters. The van der Waals surface area contributed by atoms with E-state index in [1.807, 2.05) is 0 Å². The summed E-state index contributed by atoms with van der Waals surface area (Å²) < 4.78 is 56.0. The summed E-state index contributed by atoms with van der Waals surface area (Å²) in [6, 6.07) is 9.70. The predicted octanol–water partition coefficient (Wildman–Crippen LogP) is 2.75. The third kappa shape index (κ3) is 5.73. The molecule has 1 aliphatic heterocycles. The molecule has 1 fully saturated rings. The number of pyridine rings is 1. The fourth-order valence-corrected chi connectivity index (χ4v) is 3.77. The number of rotatable bonds is 8. The van der Waals surface area contributed by atoms with Gasteiger partial charge in [0.15, 0.2) is 11.5 Å². The van der Waals surface area contributed by atoms with Crippen LogP contribution in [0.15, 0.2) is 42.6 Å². The molecule has 1 N–H and O–H groups in total. The highest BCUT2D eigenvalue weighted by Gasteiger charge is 2.46. The van der Waals surface area contributed by atoms with Gasteiger partial charge in [-0.15, -0.1) is 13.2 Å². The van der Waals surface area contributed by atoms with Crippen LogP contribution in [0.3, 0.4) is 0 Å². The number of piperidine rings is 1. The van der Waals surface area contributed by atoms with E-state index >= 15 is 0 Å². The van der Waals surface area contributed by atoms with E-state index in [9.17, 15) is 23.1 Å². The maximum absolute atomic E-state index is 13.0. The molecule has 0 bridgehead atoms. The van der Waals surface area contributed by atoms with Crippen LogP contribution in [-0.4, -0.2) is 73.9 Å². The quantitative estimate of drug-likeness (QED) is 0.594. The minimum Gasteiger partial charge on any atom is -0.493 e. The number of carbonyl (C=O) groups is 1. The number of carbonyl (C=O) groups excluding carboxylic acids is 1. The van der Waals surface area contributed by atoms with Crippen LogP contribution in [0.1, 0.15) is 22.5 Å². The van der Waals surface area contributed by atoms with Crippen LogP contribution in [0.4, 0.5) is 13.2 Å². The second-order valence-corrected chi connectivity index (χ2v) is 7.33. The molecule has 11 heteroatoms. The van der Waals surface area contributed by atoms with Gasteiger partial charge < -0.3 is 24.2 Å². The number of methoxy groups -OCH3 is 2. The molecule has 8 nitrogen and oxygen atoms in total. The first-order chi connectivity index (χ1) is 15.7. The fourth-order valence-electron chi connectivity index (χ4n) is 3.77. The molecule has 180 valence electrons.